The van der Waals surface area contributed by atoms with Crippen LogP contribution in [-0.2, 0) is 4.74 Å². The highest BCUT2D eigenvalue weighted by Gasteiger charge is 2.17. The van der Waals surface area contributed by atoms with Crippen LogP contribution in [0.15, 0.2) is 28.9 Å². The summed E-state index contributed by atoms with van der Waals surface area (Å²) in [6.07, 6.45) is 2.59. The van der Waals surface area contributed by atoms with Crippen LogP contribution in [0.4, 0.5) is 21.8 Å². The summed E-state index contributed by atoms with van der Waals surface area (Å²) in [5.74, 6) is 0.612. The third kappa shape index (κ3) is 3.66. The summed E-state index contributed by atoms with van der Waals surface area (Å²) >= 11 is 9.18. The quantitative estimate of drug-likeness (QED) is 0.831. The van der Waals surface area contributed by atoms with Crippen molar-refractivity contribution in [2.24, 2.45) is 0 Å². The van der Waals surface area contributed by atoms with Gasteiger partial charge in [0.2, 0.25) is 5.95 Å². The highest BCUT2D eigenvalue weighted by atomic mass is 79.9. The van der Waals surface area contributed by atoms with Gasteiger partial charge in [-0.2, -0.15) is 4.98 Å². The van der Waals surface area contributed by atoms with Crippen LogP contribution in [-0.4, -0.2) is 29.2 Å². The monoisotopic (exact) mass is 386 g/mol. The van der Waals surface area contributed by atoms with E-state index < -0.39 is 5.82 Å². The van der Waals surface area contributed by atoms with Crippen LogP contribution in [0.1, 0.15) is 6.42 Å². The second kappa shape index (κ2) is 6.76. The second-order valence-corrected chi connectivity index (χ2v) is 6.11. The van der Waals surface area contributed by atoms with Crippen molar-refractivity contribution in [3.05, 3.63) is 39.7 Å². The predicted octanol–water partition coefficient (Wildman–Crippen LogP) is 3.98. The molecule has 1 aromatic heterocycles. The van der Waals surface area contributed by atoms with Crippen molar-refractivity contribution < 1.29 is 9.13 Å². The van der Waals surface area contributed by atoms with E-state index in [0.29, 0.717) is 24.1 Å². The highest BCUT2D eigenvalue weighted by molar-refractivity contribution is 9.10. The zero-order chi connectivity index (χ0) is 15.5. The molecule has 2 aromatic rings. The SMILES string of the molecule is Fc1ccc(Nc2ncc(Br)c(N[C@@H]3CCOC3)n2)cc1Cl. The second-order valence-electron chi connectivity index (χ2n) is 4.85. The largest absolute Gasteiger partial charge is 0.379 e. The Hall–Kier alpha value is -1.44. The first-order valence-electron chi connectivity index (χ1n) is 6.71. The van der Waals surface area contributed by atoms with Crippen molar-refractivity contribution in [3.63, 3.8) is 0 Å². The van der Waals surface area contributed by atoms with Gasteiger partial charge in [0.05, 0.1) is 22.1 Å². The van der Waals surface area contributed by atoms with Gasteiger partial charge in [-0.25, -0.2) is 9.37 Å². The van der Waals surface area contributed by atoms with E-state index >= 15 is 0 Å². The lowest BCUT2D eigenvalue weighted by Gasteiger charge is -2.14. The molecule has 0 unspecified atom stereocenters. The van der Waals surface area contributed by atoms with Crippen LogP contribution in [0.25, 0.3) is 0 Å². The molecule has 1 aliphatic rings. The molecule has 0 bridgehead atoms. The normalized spacial score (nSPS) is 17.5. The molecule has 0 spiro atoms. The van der Waals surface area contributed by atoms with Crippen LogP contribution in [0.2, 0.25) is 5.02 Å². The Morgan fingerprint density at radius 3 is 3.00 bits per heavy atom. The van der Waals surface area contributed by atoms with Crippen molar-refractivity contribution in [2.45, 2.75) is 12.5 Å². The number of benzene rings is 1. The summed E-state index contributed by atoms with van der Waals surface area (Å²) in [7, 11) is 0. The fraction of sp³-hybridized carbons (Fsp3) is 0.286. The van der Waals surface area contributed by atoms with Crippen molar-refractivity contribution in [3.8, 4) is 0 Å². The maximum atomic E-state index is 13.2. The molecule has 116 valence electrons. The molecule has 0 amide bonds. The first-order valence-corrected chi connectivity index (χ1v) is 7.88. The zero-order valence-electron chi connectivity index (χ0n) is 11.4. The molecule has 1 fully saturated rings. The van der Waals surface area contributed by atoms with Gasteiger partial charge in [-0.3, -0.25) is 0 Å². The molecule has 0 radical (unpaired) electrons. The molecule has 0 saturated carbocycles. The van der Waals surface area contributed by atoms with Gasteiger partial charge in [0.15, 0.2) is 0 Å². The predicted molar refractivity (Wildman–Crippen MR) is 87.3 cm³/mol. The van der Waals surface area contributed by atoms with Gasteiger partial charge in [-0.15, -0.1) is 0 Å². The minimum absolute atomic E-state index is 0.0450. The number of rotatable bonds is 4. The number of ether oxygens (including phenoxy) is 1. The van der Waals surface area contributed by atoms with Crippen LogP contribution >= 0.6 is 27.5 Å². The minimum Gasteiger partial charge on any atom is -0.379 e. The van der Waals surface area contributed by atoms with Gasteiger partial charge in [0.25, 0.3) is 0 Å². The molecule has 8 heteroatoms. The van der Waals surface area contributed by atoms with Crippen LogP contribution in [0, 0.1) is 5.82 Å². The number of anilines is 3. The fourth-order valence-electron chi connectivity index (χ4n) is 2.07. The Bertz CT molecular complexity index is 682. The van der Waals surface area contributed by atoms with E-state index in [0.717, 1.165) is 17.5 Å². The van der Waals surface area contributed by atoms with Crippen molar-refractivity contribution in [1.29, 1.82) is 0 Å². The Kier molecular flexibility index (Phi) is 4.75. The molecule has 22 heavy (non-hydrogen) atoms. The standard InChI is InChI=1S/C14H13BrClFN4O/c15-10-6-18-14(20-8-1-2-12(17)11(16)5-8)21-13(10)19-9-3-4-22-7-9/h1-2,5-6,9H,3-4,7H2,(H2,18,19,20,21)/t9-/m1/s1. The van der Waals surface area contributed by atoms with Gasteiger partial charge >= 0.3 is 0 Å². The molecule has 2 heterocycles. The van der Waals surface area contributed by atoms with E-state index in [2.05, 4.69) is 36.5 Å². The first kappa shape index (κ1) is 15.5. The lowest BCUT2D eigenvalue weighted by atomic mass is 10.2. The third-order valence-corrected chi connectivity index (χ3v) is 4.06. The summed E-state index contributed by atoms with van der Waals surface area (Å²) in [6.45, 7) is 1.41. The van der Waals surface area contributed by atoms with Crippen LogP contribution in [0.5, 0.6) is 0 Å². The first-order chi connectivity index (χ1) is 10.6. The lowest BCUT2D eigenvalue weighted by Crippen LogP contribution is -2.20. The fourth-order valence-corrected chi connectivity index (χ4v) is 2.56. The average Bonchev–Trinajstić information content (AvgIpc) is 2.99. The maximum absolute atomic E-state index is 13.2. The third-order valence-electron chi connectivity index (χ3n) is 3.19. The molecular weight excluding hydrogens is 375 g/mol. The average molecular weight is 388 g/mol. The molecule has 2 N–H and O–H groups in total. The topological polar surface area (TPSA) is 59.1 Å². The van der Waals surface area contributed by atoms with Crippen LogP contribution in [0.3, 0.4) is 0 Å². The van der Waals surface area contributed by atoms with E-state index in [9.17, 15) is 4.39 Å². The van der Waals surface area contributed by atoms with E-state index in [-0.39, 0.29) is 11.1 Å². The number of hydrogen-bond acceptors (Lipinski definition) is 5. The number of hydrogen-bond donors (Lipinski definition) is 2. The molecule has 1 saturated heterocycles. The maximum Gasteiger partial charge on any atom is 0.229 e. The molecule has 1 aromatic carbocycles. The number of nitrogens with zero attached hydrogens (tertiary/aromatic N) is 2. The van der Waals surface area contributed by atoms with Gasteiger partial charge in [0, 0.05) is 18.5 Å². The van der Waals surface area contributed by atoms with Gasteiger partial charge in [0.1, 0.15) is 11.6 Å². The lowest BCUT2D eigenvalue weighted by molar-refractivity contribution is 0.195. The van der Waals surface area contributed by atoms with Crippen molar-refractivity contribution in [2.75, 3.05) is 23.8 Å². The smallest absolute Gasteiger partial charge is 0.229 e. The van der Waals surface area contributed by atoms with Crippen LogP contribution < -0.4 is 10.6 Å². The zero-order valence-corrected chi connectivity index (χ0v) is 13.8. The summed E-state index contributed by atoms with van der Waals surface area (Å²) < 4.78 is 19.3. The van der Waals surface area contributed by atoms with E-state index in [1.165, 1.54) is 12.1 Å². The number of halogens is 3. The molecule has 1 aliphatic heterocycles. The Morgan fingerprint density at radius 2 is 2.27 bits per heavy atom. The molecule has 0 aliphatic carbocycles. The molecule has 3 rings (SSSR count). The van der Waals surface area contributed by atoms with E-state index in [1.54, 1.807) is 12.3 Å². The Balaban J connectivity index is 1.77. The summed E-state index contributed by atoms with van der Waals surface area (Å²) in [5.41, 5.74) is 0.615. The summed E-state index contributed by atoms with van der Waals surface area (Å²) in [5, 5.41) is 6.35. The highest BCUT2D eigenvalue weighted by Crippen LogP contribution is 2.25. The van der Waals surface area contributed by atoms with E-state index in [1.807, 2.05) is 0 Å². The van der Waals surface area contributed by atoms with Gasteiger partial charge in [-0.1, -0.05) is 11.6 Å². The molecule has 5 nitrogen and oxygen atoms in total. The Labute approximate surface area is 140 Å². The van der Waals surface area contributed by atoms with Crippen molar-refractivity contribution in [1.82, 2.24) is 9.97 Å². The van der Waals surface area contributed by atoms with E-state index in [4.69, 9.17) is 16.3 Å². The Morgan fingerprint density at radius 1 is 1.41 bits per heavy atom. The minimum atomic E-state index is -0.465. The summed E-state index contributed by atoms with van der Waals surface area (Å²) in [4.78, 5) is 8.59. The van der Waals surface area contributed by atoms with Gasteiger partial charge in [-0.05, 0) is 40.5 Å². The van der Waals surface area contributed by atoms with Gasteiger partial charge < -0.3 is 15.4 Å². The molecular formula is C14H13BrClFN4O. The number of aromatic nitrogens is 2. The number of nitrogens with one attached hydrogen (secondary N) is 2. The van der Waals surface area contributed by atoms with Crippen molar-refractivity contribution >= 4 is 45.0 Å². The summed E-state index contributed by atoms with van der Waals surface area (Å²) in [6, 6.07) is 4.59. The molecule has 1 atom stereocenters.